The maximum absolute atomic E-state index is 12.4. The molecule has 164 valence electrons. The van der Waals surface area contributed by atoms with Gasteiger partial charge in [-0.25, -0.2) is 16.8 Å². The van der Waals surface area contributed by atoms with Crippen molar-refractivity contribution < 1.29 is 16.8 Å². The minimum atomic E-state index is -3.55. The molecule has 0 amide bonds. The van der Waals surface area contributed by atoms with E-state index in [0.29, 0.717) is 26.2 Å². The number of piperazine rings is 1. The van der Waals surface area contributed by atoms with E-state index in [1.807, 2.05) is 23.6 Å². The van der Waals surface area contributed by atoms with Crippen molar-refractivity contribution in [2.45, 2.75) is 23.6 Å². The summed E-state index contributed by atoms with van der Waals surface area (Å²) in [5.41, 5.74) is 2.01. The summed E-state index contributed by atoms with van der Waals surface area (Å²) < 4.78 is 54.8. The van der Waals surface area contributed by atoms with Crippen LogP contribution in [-0.4, -0.2) is 66.2 Å². The fraction of sp³-hybridized carbons (Fsp3) is 0.400. The average molecular weight is 453 g/mol. The van der Waals surface area contributed by atoms with Crippen molar-refractivity contribution in [1.82, 2.24) is 19.2 Å². The molecule has 0 bridgehead atoms. The molecular formula is C20H28N4O4S2. The largest absolute Gasteiger partial charge is 0.287 e. The first-order chi connectivity index (χ1) is 14.2. The summed E-state index contributed by atoms with van der Waals surface area (Å²) in [5.74, 6) is 0. The van der Waals surface area contributed by atoms with E-state index >= 15 is 0 Å². The van der Waals surface area contributed by atoms with Crippen LogP contribution in [-0.2, 0) is 20.0 Å². The van der Waals surface area contributed by atoms with Gasteiger partial charge in [0.05, 0.1) is 23.1 Å². The van der Waals surface area contributed by atoms with Crippen molar-refractivity contribution in [3.63, 3.8) is 0 Å². The van der Waals surface area contributed by atoms with Gasteiger partial charge in [0.1, 0.15) is 0 Å². The number of sulfonamides is 2. The predicted octanol–water partition coefficient (Wildman–Crippen LogP) is 1.09. The Kier molecular flexibility index (Phi) is 7.27. The van der Waals surface area contributed by atoms with Gasteiger partial charge in [-0.05, 0) is 38.1 Å². The van der Waals surface area contributed by atoms with Crippen molar-refractivity contribution >= 4 is 20.0 Å². The molecule has 3 rings (SSSR count). The maximum atomic E-state index is 12.4. The van der Waals surface area contributed by atoms with Gasteiger partial charge in [-0.2, -0.15) is 9.44 Å². The first-order valence-electron chi connectivity index (χ1n) is 9.73. The lowest BCUT2D eigenvalue weighted by Gasteiger charge is -2.34. The highest BCUT2D eigenvalue weighted by Gasteiger charge is 2.21. The number of rotatable bonds is 8. The fourth-order valence-electron chi connectivity index (χ4n) is 3.06. The summed E-state index contributed by atoms with van der Waals surface area (Å²) in [4.78, 5) is 4.49. The number of aryl methyl sites for hydroxylation is 2. The van der Waals surface area contributed by atoms with Gasteiger partial charge in [-0.3, -0.25) is 9.80 Å². The van der Waals surface area contributed by atoms with Gasteiger partial charge in [-0.15, -0.1) is 0 Å². The molecule has 0 radical (unpaired) electrons. The second-order valence-electron chi connectivity index (χ2n) is 7.47. The fourth-order valence-corrected chi connectivity index (χ4v) is 5.09. The van der Waals surface area contributed by atoms with Gasteiger partial charge in [0.25, 0.3) is 0 Å². The van der Waals surface area contributed by atoms with Crippen LogP contribution in [0.1, 0.15) is 11.1 Å². The zero-order valence-electron chi connectivity index (χ0n) is 17.2. The van der Waals surface area contributed by atoms with Gasteiger partial charge < -0.3 is 0 Å². The third-order valence-electron chi connectivity index (χ3n) is 5.08. The molecule has 1 saturated heterocycles. The normalized spacial score (nSPS) is 16.6. The first kappa shape index (κ1) is 22.9. The van der Waals surface area contributed by atoms with Crippen molar-refractivity contribution in [3.05, 3.63) is 59.7 Å². The minimum Gasteiger partial charge on any atom is -0.287 e. The van der Waals surface area contributed by atoms with Crippen molar-refractivity contribution in [2.24, 2.45) is 0 Å². The number of hydrogen-bond donors (Lipinski definition) is 2. The Hall–Kier alpha value is -1.82. The third kappa shape index (κ3) is 6.10. The van der Waals surface area contributed by atoms with Gasteiger partial charge in [0.2, 0.25) is 20.0 Å². The van der Waals surface area contributed by atoms with Crippen LogP contribution in [0, 0.1) is 13.8 Å². The summed E-state index contributed by atoms with van der Waals surface area (Å²) >= 11 is 0. The molecule has 0 unspecified atom stereocenters. The van der Waals surface area contributed by atoms with Crippen LogP contribution in [0.4, 0.5) is 0 Å². The summed E-state index contributed by atoms with van der Waals surface area (Å²) in [5, 5.41) is 0. The SMILES string of the molecule is Cc1ccc(S(=O)(=O)NCN2CCN(CNS(=O)(=O)c3ccc(C)cc3)CC2)cc1. The van der Waals surface area contributed by atoms with Gasteiger partial charge in [0, 0.05) is 26.2 Å². The molecule has 0 aliphatic carbocycles. The Labute approximate surface area is 179 Å². The molecule has 1 aliphatic rings. The zero-order chi connectivity index (χ0) is 21.8. The molecule has 0 saturated carbocycles. The molecule has 8 nitrogen and oxygen atoms in total. The highest BCUT2D eigenvalue weighted by atomic mass is 32.2. The van der Waals surface area contributed by atoms with Crippen LogP contribution in [0.25, 0.3) is 0 Å². The predicted molar refractivity (Wildman–Crippen MR) is 116 cm³/mol. The van der Waals surface area contributed by atoms with E-state index in [4.69, 9.17) is 0 Å². The van der Waals surface area contributed by atoms with E-state index in [0.717, 1.165) is 11.1 Å². The van der Waals surface area contributed by atoms with Crippen LogP contribution in [0.2, 0.25) is 0 Å². The maximum Gasteiger partial charge on any atom is 0.241 e. The van der Waals surface area contributed by atoms with E-state index in [1.165, 1.54) is 0 Å². The Morgan fingerprint density at radius 3 is 1.23 bits per heavy atom. The number of nitrogens with zero attached hydrogens (tertiary/aromatic N) is 2. The number of benzene rings is 2. The molecular weight excluding hydrogens is 424 g/mol. The Morgan fingerprint density at radius 1 is 0.633 bits per heavy atom. The average Bonchev–Trinajstić information content (AvgIpc) is 2.72. The second kappa shape index (κ2) is 9.54. The molecule has 1 heterocycles. The molecule has 2 aromatic rings. The Balaban J connectivity index is 1.44. The van der Waals surface area contributed by atoms with Gasteiger partial charge >= 0.3 is 0 Å². The lowest BCUT2D eigenvalue weighted by Crippen LogP contribution is -2.52. The van der Waals surface area contributed by atoms with E-state index in [1.54, 1.807) is 48.5 Å². The molecule has 10 heteroatoms. The quantitative estimate of drug-likeness (QED) is 0.622. The molecule has 1 fully saturated rings. The molecule has 0 aromatic heterocycles. The lowest BCUT2D eigenvalue weighted by molar-refractivity contribution is 0.130. The van der Waals surface area contributed by atoms with Crippen LogP contribution in [0.5, 0.6) is 0 Å². The topological polar surface area (TPSA) is 98.8 Å². The summed E-state index contributed by atoms with van der Waals surface area (Å²) in [6.45, 7) is 6.82. The molecule has 0 spiro atoms. The molecule has 2 N–H and O–H groups in total. The summed E-state index contributed by atoms with van der Waals surface area (Å²) in [6.07, 6.45) is 0. The van der Waals surface area contributed by atoms with Gasteiger partial charge in [-0.1, -0.05) is 35.4 Å². The molecule has 1 aliphatic heterocycles. The third-order valence-corrected chi connectivity index (χ3v) is 7.89. The first-order valence-corrected chi connectivity index (χ1v) is 12.7. The summed E-state index contributed by atoms with van der Waals surface area (Å²) in [6, 6.07) is 13.4. The van der Waals surface area contributed by atoms with Crippen LogP contribution < -0.4 is 9.44 Å². The highest BCUT2D eigenvalue weighted by molar-refractivity contribution is 7.89. The van der Waals surface area contributed by atoms with Crippen molar-refractivity contribution in [1.29, 1.82) is 0 Å². The van der Waals surface area contributed by atoms with Crippen LogP contribution in [0.15, 0.2) is 58.3 Å². The highest BCUT2D eigenvalue weighted by Crippen LogP contribution is 2.11. The number of nitrogens with one attached hydrogen (secondary N) is 2. The van der Waals surface area contributed by atoms with Crippen LogP contribution in [0.3, 0.4) is 0 Å². The Bertz CT molecular complexity index is 957. The van der Waals surface area contributed by atoms with Gasteiger partial charge in [0.15, 0.2) is 0 Å². The van der Waals surface area contributed by atoms with E-state index in [-0.39, 0.29) is 23.1 Å². The molecule has 0 atom stereocenters. The molecule has 30 heavy (non-hydrogen) atoms. The van der Waals surface area contributed by atoms with E-state index < -0.39 is 20.0 Å². The van der Waals surface area contributed by atoms with Crippen molar-refractivity contribution in [3.8, 4) is 0 Å². The number of hydrogen-bond acceptors (Lipinski definition) is 6. The van der Waals surface area contributed by atoms with E-state index in [9.17, 15) is 16.8 Å². The minimum absolute atomic E-state index is 0.221. The standard InChI is InChI=1S/C20H28N4O4S2/c1-17-3-7-19(8-4-17)29(25,26)21-15-23-11-13-24(14-12-23)16-22-30(27,28)20-9-5-18(2)6-10-20/h3-10,21-22H,11-16H2,1-2H3. The monoisotopic (exact) mass is 452 g/mol. The lowest BCUT2D eigenvalue weighted by atomic mass is 10.2. The molecule has 2 aromatic carbocycles. The smallest absolute Gasteiger partial charge is 0.241 e. The van der Waals surface area contributed by atoms with E-state index in [2.05, 4.69) is 9.44 Å². The van der Waals surface area contributed by atoms with Crippen molar-refractivity contribution in [2.75, 3.05) is 39.5 Å². The Morgan fingerprint density at radius 2 is 0.933 bits per heavy atom. The van der Waals surface area contributed by atoms with Crippen LogP contribution >= 0.6 is 0 Å². The second-order valence-corrected chi connectivity index (χ2v) is 11.0. The zero-order valence-corrected chi connectivity index (χ0v) is 18.8. The summed E-state index contributed by atoms with van der Waals surface area (Å²) in [7, 11) is -7.10.